The smallest absolute Gasteiger partial charge is 0.342 e. The van der Waals surface area contributed by atoms with Crippen LogP contribution < -0.4 is 0 Å². The van der Waals surface area contributed by atoms with Gasteiger partial charge in [0.2, 0.25) is 0 Å². The van der Waals surface area contributed by atoms with Crippen LogP contribution in [0.5, 0.6) is 0 Å². The molecule has 0 aromatic carbocycles. The summed E-state index contributed by atoms with van der Waals surface area (Å²) >= 11 is 10.4. The Kier molecular flexibility index (Phi) is 15.8. The fourth-order valence-corrected chi connectivity index (χ4v) is 2.06. The van der Waals surface area contributed by atoms with Gasteiger partial charge in [-0.15, -0.1) is 47.8 Å². The number of thiol groups is 3. The largest absolute Gasteiger partial charge is 0.510 e. The van der Waals surface area contributed by atoms with Gasteiger partial charge in [-0.3, -0.25) is 24.0 Å². The number of hydrogen-bond donors (Lipinski definition) is 6. The number of nitrogens with zero attached hydrogens (tertiary/aromatic N) is 7. The van der Waals surface area contributed by atoms with Crippen molar-refractivity contribution in [2.75, 3.05) is 6.54 Å². The van der Waals surface area contributed by atoms with Crippen LogP contribution in [-0.4, -0.2) is 87.6 Å². The molecule has 1 fully saturated rings. The van der Waals surface area contributed by atoms with Crippen molar-refractivity contribution in [2.24, 2.45) is 4.99 Å². The van der Waals surface area contributed by atoms with E-state index in [9.17, 15) is 28.8 Å². The van der Waals surface area contributed by atoms with Crippen LogP contribution in [0.25, 0.3) is 14.8 Å². The molecule has 19 heteroatoms. The summed E-state index contributed by atoms with van der Waals surface area (Å²) in [5, 5.41) is 26.8. The number of amides is 5. The standard InChI is InChI=1S/C10H5N7O6.3C3H6OS/c1-11-10-5(14-7(19)15(10)4-9(21,22)23)6(18)16(12-2)8(20)17(10)13-3;3*1-2-3(4)5/h21-23H,4H2;3*2H2,1H3,(H,4,5). The predicted octanol–water partition coefficient (Wildman–Crippen LogP) is 0.558. The molecule has 0 bridgehead atoms. The van der Waals surface area contributed by atoms with Crippen molar-refractivity contribution >= 4 is 76.9 Å². The fourth-order valence-electron chi connectivity index (χ4n) is 2.06. The topological polar surface area (TPSA) is 198 Å². The summed E-state index contributed by atoms with van der Waals surface area (Å²) in [5.74, 6) is -7.63. The van der Waals surface area contributed by atoms with Crippen molar-refractivity contribution in [3.8, 4) is 0 Å². The second-order valence-corrected chi connectivity index (χ2v) is 8.00. The summed E-state index contributed by atoms with van der Waals surface area (Å²) in [7, 11) is 0. The second kappa shape index (κ2) is 16.4. The van der Waals surface area contributed by atoms with Crippen LogP contribution in [-0.2, 0) is 19.2 Å². The number of aliphatic hydroxyl groups is 3. The number of β-amino-alcohol motifs (C(OH)–C–C–N with tert-alkyl or cyclic N) is 3. The van der Waals surface area contributed by atoms with Gasteiger partial charge in [-0.25, -0.2) is 21.1 Å². The number of imide groups is 1. The van der Waals surface area contributed by atoms with Gasteiger partial charge in [0.25, 0.3) is 11.7 Å². The minimum atomic E-state index is -3.48. The third kappa shape index (κ3) is 10.1. The first-order valence-corrected chi connectivity index (χ1v) is 11.3. The number of fused-ring (bicyclic) bond motifs is 1. The Morgan fingerprint density at radius 2 is 1.29 bits per heavy atom. The lowest BCUT2D eigenvalue weighted by Gasteiger charge is -2.32. The average molecular weight is 590 g/mol. The third-order valence-electron chi connectivity index (χ3n) is 3.82. The van der Waals surface area contributed by atoms with E-state index in [-0.39, 0.29) is 30.3 Å². The van der Waals surface area contributed by atoms with Crippen molar-refractivity contribution in [2.45, 2.75) is 51.8 Å². The lowest BCUT2D eigenvalue weighted by atomic mass is 10.1. The highest BCUT2D eigenvalue weighted by Crippen LogP contribution is 2.37. The highest BCUT2D eigenvalue weighted by Gasteiger charge is 2.77. The van der Waals surface area contributed by atoms with E-state index in [4.69, 9.17) is 35.0 Å². The van der Waals surface area contributed by atoms with Crippen molar-refractivity contribution in [3.05, 3.63) is 34.5 Å². The maximum Gasteiger partial charge on any atom is 0.510 e. The number of carbonyl (C=O) groups excluding carboxylic acids is 6. The molecule has 0 aromatic rings. The average Bonchev–Trinajstić information content (AvgIpc) is 3.11. The zero-order valence-electron chi connectivity index (χ0n) is 20.1. The SMILES string of the molecule is CCC(=O)S.CCC(=O)S.CCC(=O)S.[C-]#[N+]N1C(=O)C2=NC(=O)N(CC(O)(O)O)C2([N+]#[C-])N([N+]#[C-])C1=O. The van der Waals surface area contributed by atoms with Crippen LogP contribution in [0.3, 0.4) is 0 Å². The van der Waals surface area contributed by atoms with Gasteiger partial charge < -0.3 is 15.3 Å². The molecule has 0 aliphatic carbocycles. The van der Waals surface area contributed by atoms with Crippen LogP contribution >= 0.6 is 37.9 Å². The van der Waals surface area contributed by atoms with Gasteiger partial charge in [0.05, 0.1) is 10.0 Å². The molecule has 0 spiro atoms. The summed E-state index contributed by atoms with van der Waals surface area (Å²) in [6.45, 7) is 24.9. The van der Waals surface area contributed by atoms with Gasteiger partial charge in [-0.2, -0.15) is 18.1 Å². The van der Waals surface area contributed by atoms with E-state index in [1.807, 2.05) is 0 Å². The van der Waals surface area contributed by atoms with Gasteiger partial charge in [-0.1, -0.05) is 20.8 Å². The van der Waals surface area contributed by atoms with E-state index in [2.05, 4.69) is 57.6 Å². The Morgan fingerprint density at radius 1 is 0.895 bits per heavy atom. The van der Waals surface area contributed by atoms with E-state index in [0.717, 1.165) is 0 Å². The third-order valence-corrected chi connectivity index (χ3v) is 4.77. The lowest BCUT2D eigenvalue weighted by Crippen LogP contribution is -2.70. The molecule has 38 heavy (non-hydrogen) atoms. The second-order valence-electron chi connectivity index (χ2n) is 6.50. The van der Waals surface area contributed by atoms with Crippen molar-refractivity contribution in [1.82, 2.24) is 14.9 Å². The Bertz CT molecular complexity index is 1090. The van der Waals surface area contributed by atoms with Gasteiger partial charge >= 0.3 is 23.8 Å². The van der Waals surface area contributed by atoms with E-state index in [1.54, 1.807) is 20.8 Å². The van der Waals surface area contributed by atoms with Crippen LogP contribution in [0.1, 0.15) is 40.0 Å². The van der Waals surface area contributed by atoms with Crippen LogP contribution in [0, 0.1) is 19.7 Å². The molecular weight excluding hydrogens is 566 g/mol. The molecule has 1 atom stereocenters. The highest BCUT2D eigenvalue weighted by molar-refractivity contribution is 7.97. The molecule has 0 saturated carbocycles. The predicted molar refractivity (Wildman–Crippen MR) is 138 cm³/mol. The number of rotatable bonds is 5. The van der Waals surface area contributed by atoms with Gasteiger partial charge in [0.15, 0.2) is 15.3 Å². The Hall–Kier alpha value is -3.51. The fraction of sp³-hybridized carbons (Fsp3) is 0.474. The van der Waals surface area contributed by atoms with E-state index < -0.39 is 42.0 Å². The van der Waals surface area contributed by atoms with Crippen LogP contribution in [0.15, 0.2) is 4.99 Å². The Morgan fingerprint density at radius 3 is 1.55 bits per heavy atom. The van der Waals surface area contributed by atoms with Crippen molar-refractivity contribution < 1.29 is 44.1 Å². The van der Waals surface area contributed by atoms with Gasteiger partial charge in [-0.05, 0) is 0 Å². The Labute approximate surface area is 233 Å². The van der Waals surface area contributed by atoms with Crippen molar-refractivity contribution in [1.29, 1.82) is 0 Å². The first-order valence-electron chi connectivity index (χ1n) is 10.0. The van der Waals surface area contributed by atoms with E-state index in [0.29, 0.717) is 19.3 Å². The molecule has 0 aromatic heterocycles. The normalized spacial score (nSPS) is 17.5. The molecule has 3 N–H and O–H groups in total. The molecule has 2 aliphatic rings. The first-order chi connectivity index (χ1) is 17.4. The van der Waals surface area contributed by atoms with Crippen LogP contribution in [0.2, 0.25) is 0 Å². The summed E-state index contributed by atoms with van der Waals surface area (Å²) in [4.78, 5) is 76.6. The molecule has 2 rings (SSSR count). The molecule has 0 radical (unpaired) electrons. The first kappa shape index (κ1) is 36.6. The molecule has 16 nitrogen and oxygen atoms in total. The quantitative estimate of drug-likeness (QED) is 0.151. The zero-order chi connectivity index (χ0) is 30.4. The molecule has 5 amide bonds. The van der Waals surface area contributed by atoms with Crippen LogP contribution in [0.4, 0.5) is 9.59 Å². The highest BCUT2D eigenvalue weighted by atomic mass is 32.1. The summed E-state index contributed by atoms with van der Waals surface area (Å²) in [6.07, 6.45) is 1.59. The van der Waals surface area contributed by atoms with Crippen molar-refractivity contribution in [3.63, 3.8) is 0 Å². The molecule has 206 valence electrons. The number of urea groups is 2. The van der Waals surface area contributed by atoms with Gasteiger partial charge in [0.1, 0.15) is 6.54 Å². The summed E-state index contributed by atoms with van der Waals surface area (Å²) < 4.78 is 0. The number of carbonyl (C=O) groups is 6. The van der Waals surface area contributed by atoms with Gasteiger partial charge in [0, 0.05) is 19.3 Å². The minimum absolute atomic E-state index is 0.00505. The lowest BCUT2D eigenvalue weighted by molar-refractivity contribution is -0.317. The molecular formula is C19H23N7O9S3. The number of hydrogen-bond acceptors (Lipinski definition) is 9. The van der Waals surface area contributed by atoms with E-state index in [1.165, 1.54) is 0 Å². The summed E-state index contributed by atoms with van der Waals surface area (Å²) in [6, 6.07) is -2.90. The molecule has 1 unspecified atom stereocenters. The minimum Gasteiger partial charge on any atom is -0.342 e. The monoisotopic (exact) mass is 589 g/mol. The molecule has 2 aliphatic heterocycles. The summed E-state index contributed by atoms with van der Waals surface area (Å²) in [5.41, 5.74) is -0.937. The maximum atomic E-state index is 12.1. The Balaban J connectivity index is 0. The molecule has 2 heterocycles. The van der Waals surface area contributed by atoms with E-state index >= 15 is 0 Å². The zero-order valence-corrected chi connectivity index (χ0v) is 22.8. The molecule has 1 saturated heterocycles. The number of aliphatic imine (C=N–C) groups is 1. The maximum absolute atomic E-state index is 12.1.